The predicted molar refractivity (Wildman–Crippen MR) is 74.8 cm³/mol. The number of ether oxygens (including phenoxy) is 1. The van der Waals surface area contributed by atoms with Crippen molar-refractivity contribution >= 4 is 0 Å². The molecule has 2 rings (SSSR count). The van der Waals surface area contributed by atoms with Gasteiger partial charge < -0.3 is 10.5 Å². The van der Waals surface area contributed by atoms with Gasteiger partial charge >= 0.3 is 0 Å². The van der Waals surface area contributed by atoms with Gasteiger partial charge in [0.2, 0.25) is 0 Å². The van der Waals surface area contributed by atoms with E-state index >= 15 is 0 Å². The lowest BCUT2D eigenvalue weighted by Crippen LogP contribution is -2.13. The van der Waals surface area contributed by atoms with Crippen molar-refractivity contribution in [2.75, 3.05) is 7.11 Å². The molecule has 0 aromatic heterocycles. The number of rotatable bonds is 4. The van der Waals surface area contributed by atoms with Gasteiger partial charge in [0.1, 0.15) is 11.6 Å². The molecule has 0 aliphatic carbocycles. The molecule has 2 nitrogen and oxygen atoms in total. The van der Waals surface area contributed by atoms with Gasteiger partial charge in [0.25, 0.3) is 0 Å². The first-order valence-corrected chi connectivity index (χ1v) is 6.24. The first kappa shape index (κ1) is 13.6. The molecule has 0 radical (unpaired) electrons. The third-order valence-corrected chi connectivity index (χ3v) is 3.19. The van der Waals surface area contributed by atoms with Gasteiger partial charge in [-0.15, -0.1) is 0 Å². The van der Waals surface area contributed by atoms with Gasteiger partial charge in [-0.05, 0) is 48.2 Å². The molecule has 1 atom stereocenters. The Balaban J connectivity index is 2.15. The first-order valence-electron chi connectivity index (χ1n) is 6.24. The standard InChI is InChI=1S/C16H18FNO/c1-11-8-13(6-7-16(11)19-2)15(18)10-12-4-3-5-14(17)9-12/h3-9,15H,10,18H2,1-2H3. The second-order valence-electron chi connectivity index (χ2n) is 4.67. The first-order chi connectivity index (χ1) is 9.10. The zero-order valence-corrected chi connectivity index (χ0v) is 11.2. The lowest BCUT2D eigenvalue weighted by atomic mass is 9.98. The largest absolute Gasteiger partial charge is 0.496 e. The molecule has 0 aliphatic heterocycles. The zero-order valence-electron chi connectivity index (χ0n) is 11.2. The summed E-state index contributed by atoms with van der Waals surface area (Å²) in [6.07, 6.45) is 0.615. The monoisotopic (exact) mass is 259 g/mol. The van der Waals surface area contributed by atoms with Gasteiger partial charge in [-0.2, -0.15) is 0 Å². The molecule has 1 unspecified atom stereocenters. The van der Waals surface area contributed by atoms with Gasteiger partial charge in [-0.25, -0.2) is 4.39 Å². The fourth-order valence-corrected chi connectivity index (χ4v) is 2.17. The van der Waals surface area contributed by atoms with Gasteiger partial charge in [0.05, 0.1) is 7.11 Å². The summed E-state index contributed by atoms with van der Waals surface area (Å²) in [5.41, 5.74) is 9.16. The van der Waals surface area contributed by atoms with Crippen LogP contribution in [0.2, 0.25) is 0 Å². The smallest absolute Gasteiger partial charge is 0.123 e. The number of halogens is 1. The van der Waals surface area contributed by atoms with Crippen LogP contribution < -0.4 is 10.5 Å². The molecule has 0 fully saturated rings. The molecule has 2 aromatic rings. The Kier molecular flexibility index (Phi) is 4.17. The molecule has 0 heterocycles. The minimum Gasteiger partial charge on any atom is -0.496 e. The highest BCUT2D eigenvalue weighted by Gasteiger charge is 2.09. The summed E-state index contributed by atoms with van der Waals surface area (Å²) in [4.78, 5) is 0. The summed E-state index contributed by atoms with van der Waals surface area (Å²) in [7, 11) is 1.65. The quantitative estimate of drug-likeness (QED) is 0.913. The molecule has 0 spiro atoms. The Morgan fingerprint density at radius 3 is 2.63 bits per heavy atom. The topological polar surface area (TPSA) is 35.2 Å². The second kappa shape index (κ2) is 5.85. The van der Waals surface area contributed by atoms with E-state index < -0.39 is 0 Å². The maximum Gasteiger partial charge on any atom is 0.123 e. The van der Waals surface area contributed by atoms with E-state index in [0.29, 0.717) is 6.42 Å². The van der Waals surface area contributed by atoms with Crippen LogP contribution in [0, 0.1) is 12.7 Å². The highest BCUT2D eigenvalue weighted by Crippen LogP contribution is 2.23. The number of hydrogen-bond donors (Lipinski definition) is 1. The number of hydrogen-bond acceptors (Lipinski definition) is 2. The van der Waals surface area contributed by atoms with E-state index in [-0.39, 0.29) is 11.9 Å². The fraction of sp³-hybridized carbons (Fsp3) is 0.250. The summed E-state index contributed by atoms with van der Waals surface area (Å²) in [5.74, 6) is 0.623. The summed E-state index contributed by atoms with van der Waals surface area (Å²) >= 11 is 0. The number of aryl methyl sites for hydroxylation is 1. The van der Waals surface area contributed by atoms with E-state index in [1.807, 2.05) is 31.2 Å². The summed E-state index contributed by atoms with van der Waals surface area (Å²) in [5, 5.41) is 0. The molecule has 3 heteroatoms. The van der Waals surface area contributed by atoms with E-state index in [0.717, 1.165) is 22.4 Å². The third kappa shape index (κ3) is 3.32. The molecule has 0 saturated carbocycles. The molecule has 0 aliphatic rings. The van der Waals surface area contributed by atoms with Crippen LogP contribution in [0.25, 0.3) is 0 Å². The van der Waals surface area contributed by atoms with Gasteiger partial charge in [0, 0.05) is 6.04 Å². The minimum atomic E-state index is -0.226. The minimum absolute atomic E-state index is 0.147. The molecule has 19 heavy (non-hydrogen) atoms. The van der Waals surface area contributed by atoms with Gasteiger partial charge in [0.15, 0.2) is 0 Å². The molecule has 100 valence electrons. The Bertz CT molecular complexity index is 568. The number of benzene rings is 2. The van der Waals surface area contributed by atoms with Crippen LogP contribution in [0.4, 0.5) is 4.39 Å². The van der Waals surface area contributed by atoms with E-state index in [1.165, 1.54) is 12.1 Å². The number of nitrogens with two attached hydrogens (primary N) is 1. The maximum absolute atomic E-state index is 13.1. The van der Waals surface area contributed by atoms with Crippen molar-refractivity contribution in [3.63, 3.8) is 0 Å². The lowest BCUT2D eigenvalue weighted by molar-refractivity contribution is 0.411. The SMILES string of the molecule is COc1ccc(C(N)Cc2cccc(F)c2)cc1C. The van der Waals surface area contributed by atoms with Crippen LogP contribution in [0.1, 0.15) is 22.7 Å². The Labute approximate surface area is 113 Å². The molecular weight excluding hydrogens is 241 g/mol. The molecule has 2 aromatic carbocycles. The Morgan fingerprint density at radius 1 is 1.21 bits per heavy atom. The Morgan fingerprint density at radius 2 is 2.00 bits per heavy atom. The van der Waals surface area contributed by atoms with Crippen molar-refractivity contribution < 1.29 is 9.13 Å². The van der Waals surface area contributed by atoms with Crippen LogP contribution in [-0.4, -0.2) is 7.11 Å². The van der Waals surface area contributed by atoms with E-state index in [9.17, 15) is 4.39 Å². The maximum atomic E-state index is 13.1. The van der Waals surface area contributed by atoms with Crippen molar-refractivity contribution in [1.82, 2.24) is 0 Å². The van der Waals surface area contributed by atoms with Gasteiger partial charge in [-0.1, -0.05) is 24.3 Å². The van der Waals surface area contributed by atoms with Crippen molar-refractivity contribution in [3.05, 3.63) is 65.0 Å². The lowest BCUT2D eigenvalue weighted by Gasteiger charge is -2.14. The number of methoxy groups -OCH3 is 1. The summed E-state index contributed by atoms with van der Waals surface area (Å²) in [6, 6.07) is 12.3. The summed E-state index contributed by atoms with van der Waals surface area (Å²) < 4.78 is 18.3. The zero-order chi connectivity index (χ0) is 13.8. The van der Waals surface area contributed by atoms with E-state index in [4.69, 9.17) is 10.5 Å². The van der Waals surface area contributed by atoms with Crippen LogP contribution in [0.3, 0.4) is 0 Å². The molecule has 2 N–H and O–H groups in total. The Hall–Kier alpha value is -1.87. The van der Waals surface area contributed by atoms with Crippen LogP contribution in [0.5, 0.6) is 5.75 Å². The predicted octanol–water partition coefficient (Wildman–Crippen LogP) is 3.39. The van der Waals surface area contributed by atoms with E-state index in [1.54, 1.807) is 13.2 Å². The van der Waals surface area contributed by atoms with Crippen molar-refractivity contribution in [2.24, 2.45) is 5.73 Å². The van der Waals surface area contributed by atoms with Crippen molar-refractivity contribution in [1.29, 1.82) is 0 Å². The summed E-state index contributed by atoms with van der Waals surface area (Å²) in [6.45, 7) is 1.98. The van der Waals surface area contributed by atoms with Crippen LogP contribution in [0.15, 0.2) is 42.5 Å². The highest BCUT2D eigenvalue weighted by molar-refractivity contribution is 5.37. The molecular formula is C16H18FNO. The average Bonchev–Trinajstić information content (AvgIpc) is 2.38. The van der Waals surface area contributed by atoms with Crippen LogP contribution >= 0.6 is 0 Å². The second-order valence-corrected chi connectivity index (χ2v) is 4.67. The van der Waals surface area contributed by atoms with Crippen molar-refractivity contribution in [2.45, 2.75) is 19.4 Å². The molecule has 0 saturated heterocycles. The molecule has 0 amide bonds. The van der Waals surface area contributed by atoms with E-state index in [2.05, 4.69) is 0 Å². The van der Waals surface area contributed by atoms with Crippen LogP contribution in [-0.2, 0) is 6.42 Å². The molecule has 0 bridgehead atoms. The van der Waals surface area contributed by atoms with Gasteiger partial charge in [-0.3, -0.25) is 0 Å². The third-order valence-electron chi connectivity index (χ3n) is 3.19. The highest BCUT2D eigenvalue weighted by atomic mass is 19.1. The normalized spacial score (nSPS) is 12.2. The average molecular weight is 259 g/mol. The fourth-order valence-electron chi connectivity index (χ4n) is 2.17. The van der Waals surface area contributed by atoms with Crippen molar-refractivity contribution in [3.8, 4) is 5.75 Å².